The monoisotopic (exact) mass is 236 g/mol. The molecule has 0 aromatic carbocycles. The first kappa shape index (κ1) is 12.0. The summed E-state index contributed by atoms with van der Waals surface area (Å²) in [6.07, 6.45) is 13.2. The van der Waals surface area contributed by atoms with Gasteiger partial charge in [0, 0.05) is 18.6 Å². The zero-order valence-corrected chi connectivity index (χ0v) is 11.2. The molecule has 3 rings (SSSR count). The second kappa shape index (κ2) is 5.71. The smallest absolute Gasteiger partial charge is 0.0221 e. The predicted octanol–water partition coefficient (Wildman–Crippen LogP) is 2.78. The number of rotatable bonds is 6. The fourth-order valence-corrected chi connectivity index (χ4v) is 3.66. The Hall–Kier alpha value is -0.0800. The Morgan fingerprint density at radius 2 is 1.76 bits per heavy atom. The highest BCUT2D eigenvalue weighted by molar-refractivity contribution is 4.87. The van der Waals surface area contributed by atoms with E-state index in [1.807, 2.05) is 0 Å². The molecule has 2 aliphatic carbocycles. The van der Waals surface area contributed by atoms with Gasteiger partial charge in [-0.25, -0.2) is 0 Å². The van der Waals surface area contributed by atoms with E-state index < -0.39 is 0 Å². The maximum atomic E-state index is 3.71. The Bertz CT molecular complexity index is 231. The van der Waals surface area contributed by atoms with Crippen LogP contribution in [0.4, 0.5) is 0 Å². The van der Waals surface area contributed by atoms with Crippen molar-refractivity contribution in [1.82, 2.24) is 10.2 Å². The highest BCUT2D eigenvalue weighted by Gasteiger charge is 2.28. The molecule has 2 saturated carbocycles. The maximum absolute atomic E-state index is 3.71. The van der Waals surface area contributed by atoms with Crippen LogP contribution in [-0.4, -0.2) is 36.6 Å². The number of hydrogen-bond acceptors (Lipinski definition) is 2. The van der Waals surface area contributed by atoms with Gasteiger partial charge in [-0.3, -0.25) is 4.90 Å². The molecule has 3 fully saturated rings. The SMILES string of the molecule is C1CCC(CCN2CCCC2CNC2CC2)C1. The summed E-state index contributed by atoms with van der Waals surface area (Å²) < 4.78 is 0. The summed E-state index contributed by atoms with van der Waals surface area (Å²) >= 11 is 0. The topological polar surface area (TPSA) is 15.3 Å². The molecule has 1 N–H and O–H groups in total. The molecule has 1 atom stereocenters. The first-order chi connectivity index (χ1) is 8.42. The number of nitrogens with zero attached hydrogens (tertiary/aromatic N) is 1. The fraction of sp³-hybridized carbons (Fsp3) is 1.00. The molecule has 1 unspecified atom stereocenters. The maximum Gasteiger partial charge on any atom is 0.0221 e. The van der Waals surface area contributed by atoms with Gasteiger partial charge in [0.2, 0.25) is 0 Å². The molecular formula is C15H28N2. The highest BCUT2D eigenvalue weighted by Crippen LogP contribution is 2.29. The van der Waals surface area contributed by atoms with E-state index in [2.05, 4.69) is 10.2 Å². The molecule has 0 aromatic rings. The molecule has 0 radical (unpaired) electrons. The van der Waals surface area contributed by atoms with Gasteiger partial charge in [-0.2, -0.15) is 0 Å². The van der Waals surface area contributed by atoms with Crippen molar-refractivity contribution in [2.24, 2.45) is 5.92 Å². The van der Waals surface area contributed by atoms with Crippen LogP contribution in [0.5, 0.6) is 0 Å². The fourth-order valence-electron chi connectivity index (χ4n) is 3.66. The van der Waals surface area contributed by atoms with Crippen molar-refractivity contribution in [3.05, 3.63) is 0 Å². The Balaban J connectivity index is 1.37. The summed E-state index contributed by atoms with van der Waals surface area (Å²) in [4.78, 5) is 2.77. The molecule has 0 bridgehead atoms. The minimum absolute atomic E-state index is 0.858. The molecule has 1 saturated heterocycles. The summed E-state index contributed by atoms with van der Waals surface area (Å²) in [5.74, 6) is 1.06. The van der Waals surface area contributed by atoms with Crippen molar-refractivity contribution in [2.45, 2.75) is 69.9 Å². The minimum atomic E-state index is 0.858. The largest absolute Gasteiger partial charge is 0.312 e. The molecule has 0 spiro atoms. The van der Waals surface area contributed by atoms with Crippen LogP contribution >= 0.6 is 0 Å². The van der Waals surface area contributed by atoms with Gasteiger partial charge in [0.25, 0.3) is 0 Å². The number of nitrogens with one attached hydrogen (secondary N) is 1. The van der Waals surface area contributed by atoms with Crippen molar-refractivity contribution in [1.29, 1.82) is 0 Å². The van der Waals surface area contributed by atoms with Gasteiger partial charge in [-0.1, -0.05) is 25.7 Å². The van der Waals surface area contributed by atoms with Crippen molar-refractivity contribution in [2.75, 3.05) is 19.6 Å². The molecule has 1 aliphatic heterocycles. The average Bonchev–Trinajstić information content (AvgIpc) is 2.86. The van der Waals surface area contributed by atoms with Gasteiger partial charge >= 0.3 is 0 Å². The van der Waals surface area contributed by atoms with Gasteiger partial charge in [-0.15, -0.1) is 0 Å². The van der Waals surface area contributed by atoms with E-state index in [4.69, 9.17) is 0 Å². The number of hydrogen-bond donors (Lipinski definition) is 1. The van der Waals surface area contributed by atoms with E-state index in [9.17, 15) is 0 Å². The molecule has 1 heterocycles. The standard InChI is InChI=1S/C15H28N2/c1-2-5-13(4-1)9-11-17-10-3-6-15(17)12-16-14-7-8-14/h13-16H,1-12H2. The Labute approximate surface area is 106 Å². The summed E-state index contributed by atoms with van der Waals surface area (Å²) in [6.45, 7) is 4.00. The van der Waals surface area contributed by atoms with Crippen LogP contribution in [0.1, 0.15) is 57.8 Å². The van der Waals surface area contributed by atoms with E-state index in [0.29, 0.717) is 0 Å². The highest BCUT2D eigenvalue weighted by atomic mass is 15.2. The molecular weight excluding hydrogens is 208 g/mol. The predicted molar refractivity (Wildman–Crippen MR) is 72.2 cm³/mol. The van der Waals surface area contributed by atoms with E-state index in [1.54, 1.807) is 0 Å². The molecule has 3 aliphatic rings. The second-order valence-electron chi connectivity index (χ2n) is 6.45. The molecule has 0 amide bonds. The molecule has 2 nitrogen and oxygen atoms in total. The van der Waals surface area contributed by atoms with Crippen LogP contribution in [0.2, 0.25) is 0 Å². The quantitative estimate of drug-likeness (QED) is 0.763. The lowest BCUT2D eigenvalue weighted by Crippen LogP contribution is -2.39. The summed E-state index contributed by atoms with van der Waals surface area (Å²) in [7, 11) is 0. The van der Waals surface area contributed by atoms with Crippen molar-refractivity contribution < 1.29 is 0 Å². The van der Waals surface area contributed by atoms with Crippen LogP contribution in [0.15, 0.2) is 0 Å². The summed E-state index contributed by atoms with van der Waals surface area (Å²) in [5.41, 5.74) is 0. The van der Waals surface area contributed by atoms with Crippen LogP contribution in [0.25, 0.3) is 0 Å². The third-order valence-corrected chi connectivity index (χ3v) is 5.02. The van der Waals surface area contributed by atoms with E-state index in [1.165, 1.54) is 77.4 Å². The van der Waals surface area contributed by atoms with E-state index in [-0.39, 0.29) is 0 Å². The lowest BCUT2D eigenvalue weighted by atomic mass is 10.0. The zero-order chi connectivity index (χ0) is 11.5. The van der Waals surface area contributed by atoms with Crippen LogP contribution in [0.3, 0.4) is 0 Å². The molecule has 17 heavy (non-hydrogen) atoms. The van der Waals surface area contributed by atoms with Crippen LogP contribution < -0.4 is 5.32 Å². The van der Waals surface area contributed by atoms with Crippen LogP contribution in [0, 0.1) is 5.92 Å². The van der Waals surface area contributed by atoms with Gasteiger partial charge in [0.05, 0.1) is 0 Å². The Morgan fingerprint density at radius 3 is 2.53 bits per heavy atom. The van der Waals surface area contributed by atoms with Gasteiger partial charge < -0.3 is 5.32 Å². The first-order valence-electron chi connectivity index (χ1n) is 7.89. The Morgan fingerprint density at radius 1 is 0.941 bits per heavy atom. The average molecular weight is 236 g/mol. The van der Waals surface area contributed by atoms with E-state index in [0.717, 1.165) is 18.0 Å². The minimum Gasteiger partial charge on any atom is -0.312 e. The van der Waals surface area contributed by atoms with Gasteiger partial charge in [-0.05, 0) is 51.1 Å². The molecule has 98 valence electrons. The first-order valence-corrected chi connectivity index (χ1v) is 7.89. The third kappa shape index (κ3) is 3.45. The molecule has 0 aromatic heterocycles. The lowest BCUT2D eigenvalue weighted by Gasteiger charge is -2.26. The molecule has 2 heteroatoms. The van der Waals surface area contributed by atoms with Crippen molar-refractivity contribution >= 4 is 0 Å². The summed E-state index contributed by atoms with van der Waals surface area (Å²) in [5, 5.41) is 3.71. The summed E-state index contributed by atoms with van der Waals surface area (Å²) in [6, 6.07) is 1.74. The second-order valence-corrected chi connectivity index (χ2v) is 6.45. The van der Waals surface area contributed by atoms with Gasteiger partial charge in [0.15, 0.2) is 0 Å². The Kier molecular flexibility index (Phi) is 4.02. The normalized spacial score (nSPS) is 31.4. The van der Waals surface area contributed by atoms with Gasteiger partial charge in [0.1, 0.15) is 0 Å². The number of likely N-dealkylation sites (tertiary alicyclic amines) is 1. The zero-order valence-electron chi connectivity index (χ0n) is 11.2. The van der Waals surface area contributed by atoms with Crippen LogP contribution in [-0.2, 0) is 0 Å². The van der Waals surface area contributed by atoms with E-state index >= 15 is 0 Å². The third-order valence-electron chi connectivity index (χ3n) is 5.02. The lowest BCUT2D eigenvalue weighted by molar-refractivity contribution is 0.229. The van der Waals surface area contributed by atoms with Crippen molar-refractivity contribution in [3.8, 4) is 0 Å². The van der Waals surface area contributed by atoms with Crippen molar-refractivity contribution in [3.63, 3.8) is 0 Å².